The van der Waals surface area contributed by atoms with Crippen LogP contribution in [0.15, 0.2) is 0 Å². The van der Waals surface area contributed by atoms with Gasteiger partial charge in [0.2, 0.25) is 5.13 Å². The number of fused-ring (bicyclic) bond motifs is 1. The number of hydrogen-bond acceptors (Lipinski definition) is 5. The molecule has 0 aromatic carbocycles. The number of aromatic nitrogens is 2. The molecular formula is C14H20F2N4OS. The lowest BCUT2D eigenvalue weighted by Gasteiger charge is -2.64. The molecule has 22 heavy (non-hydrogen) atoms. The van der Waals surface area contributed by atoms with Gasteiger partial charge in [-0.25, -0.2) is 4.98 Å². The standard InChI is InChI=1S/C14H20F2N4OS/c1-7-17-13(22-19-7)20-6-4-5-8-9(14(2,3)10(8)20)18-12(21)11(15)16/h8-11H,4-6H2,1-3H3,(H,18,21). The van der Waals surface area contributed by atoms with Gasteiger partial charge in [0.05, 0.1) is 0 Å². The zero-order chi connectivity index (χ0) is 16.1. The molecule has 1 saturated heterocycles. The summed E-state index contributed by atoms with van der Waals surface area (Å²) in [7, 11) is 0. The van der Waals surface area contributed by atoms with E-state index in [1.807, 2.05) is 20.8 Å². The molecule has 1 N–H and O–H groups in total. The van der Waals surface area contributed by atoms with Gasteiger partial charge in [0.25, 0.3) is 5.91 Å². The van der Waals surface area contributed by atoms with Gasteiger partial charge in [0.1, 0.15) is 5.82 Å². The van der Waals surface area contributed by atoms with Gasteiger partial charge in [-0.3, -0.25) is 4.79 Å². The predicted octanol–water partition coefficient (Wildman–Crippen LogP) is 2.22. The molecule has 1 saturated carbocycles. The number of anilines is 1. The van der Waals surface area contributed by atoms with E-state index in [-0.39, 0.29) is 23.4 Å². The molecule has 3 rings (SSSR count). The number of carbonyl (C=O) groups excluding carboxylic acids is 1. The van der Waals surface area contributed by atoms with Crippen molar-refractivity contribution in [3.63, 3.8) is 0 Å². The van der Waals surface area contributed by atoms with Crippen molar-refractivity contribution in [2.75, 3.05) is 11.4 Å². The van der Waals surface area contributed by atoms with E-state index in [9.17, 15) is 13.6 Å². The average molecular weight is 330 g/mol. The summed E-state index contributed by atoms with van der Waals surface area (Å²) in [5.74, 6) is -0.224. The van der Waals surface area contributed by atoms with E-state index in [1.165, 1.54) is 11.5 Å². The predicted molar refractivity (Wildman–Crippen MR) is 80.2 cm³/mol. The lowest BCUT2D eigenvalue weighted by atomic mass is 9.52. The van der Waals surface area contributed by atoms with Crippen molar-refractivity contribution in [3.8, 4) is 0 Å². The van der Waals surface area contributed by atoms with Crippen LogP contribution in [-0.4, -0.2) is 40.3 Å². The molecule has 0 radical (unpaired) electrons. The van der Waals surface area contributed by atoms with E-state index in [4.69, 9.17) is 0 Å². The van der Waals surface area contributed by atoms with Crippen LogP contribution >= 0.6 is 11.5 Å². The fourth-order valence-corrected chi connectivity index (χ4v) is 4.81. The molecule has 1 amide bonds. The summed E-state index contributed by atoms with van der Waals surface area (Å²) in [5.41, 5.74) is -0.269. The van der Waals surface area contributed by atoms with Crippen LogP contribution in [0.2, 0.25) is 0 Å². The van der Waals surface area contributed by atoms with Crippen LogP contribution in [0.25, 0.3) is 0 Å². The second-order valence-corrected chi connectivity index (χ2v) is 7.41. The topological polar surface area (TPSA) is 58.1 Å². The first-order valence-electron chi connectivity index (χ1n) is 7.48. The van der Waals surface area contributed by atoms with Gasteiger partial charge in [-0.2, -0.15) is 13.2 Å². The molecule has 3 atom stereocenters. The number of piperidine rings is 1. The highest BCUT2D eigenvalue weighted by Crippen LogP contribution is 2.53. The quantitative estimate of drug-likeness (QED) is 0.923. The Morgan fingerprint density at radius 3 is 2.82 bits per heavy atom. The zero-order valence-corrected chi connectivity index (χ0v) is 13.7. The molecular weight excluding hydrogens is 310 g/mol. The van der Waals surface area contributed by atoms with Gasteiger partial charge >= 0.3 is 6.43 Å². The first kappa shape index (κ1) is 15.6. The maximum atomic E-state index is 12.5. The van der Waals surface area contributed by atoms with E-state index >= 15 is 0 Å². The molecule has 122 valence electrons. The summed E-state index contributed by atoms with van der Waals surface area (Å²) in [6.07, 6.45) is -1.05. The number of alkyl halides is 2. The fraction of sp³-hybridized carbons (Fsp3) is 0.786. The van der Waals surface area contributed by atoms with Gasteiger partial charge in [-0.1, -0.05) is 13.8 Å². The molecule has 0 spiro atoms. The van der Waals surface area contributed by atoms with E-state index in [0.717, 1.165) is 30.3 Å². The largest absolute Gasteiger partial charge is 0.347 e. The number of halogens is 2. The Bertz CT molecular complexity index is 577. The van der Waals surface area contributed by atoms with Crippen molar-refractivity contribution < 1.29 is 13.6 Å². The third kappa shape index (κ3) is 2.37. The average Bonchev–Trinajstić information content (AvgIpc) is 2.90. The van der Waals surface area contributed by atoms with E-state index in [1.54, 1.807) is 0 Å². The molecule has 5 nitrogen and oxygen atoms in total. The molecule has 3 unspecified atom stereocenters. The Morgan fingerprint density at radius 2 is 2.23 bits per heavy atom. The zero-order valence-electron chi connectivity index (χ0n) is 12.8. The second-order valence-electron chi connectivity index (χ2n) is 6.68. The highest BCUT2D eigenvalue weighted by atomic mass is 32.1. The number of amides is 1. The normalized spacial score (nSPS) is 29.9. The number of carbonyl (C=O) groups is 1. The van der Waals surface area contributed by atoms with Crippen molar-refractivity contribution >= 4 is 22.6 Å². The van der Waals surface area contributed by atoms with Crippen molar-refractivity contribution in [2.24, 2.45) is 11.3 Å². The number of aryl methyl sites for hydroxylation is 1. The fourth-order valence-electron chi connectivity index (χ4n) is 4.07. The highest BCUT2D eigenvalue weighted by molar-refractivity contribution is 7.09. The molecule has 1 aromatic heterocycles. The van der Waals surface area contributed by atoms with Crippen molar-refractivity contribution in [2.45, 2.75) is 52.1 Å². The lowest BCUT2D eigenvalue weighted by molar-refractivity contribution is -0.138. The SMILES string of the molecule is Cc1nsc(N2CCCC3C(NC(=O)C(F)F)C(C)(C)C32)n1. The summed E-state index contributed by atoms with van der Waals surface area (Å²) in [6, 6.07) is -0.00705. The van der Waals surface area contributed by atoms with Crippen LogP contribution in [-0.2, 0) is 4.79 Å². The summed E-state index contributed by atoms with van der Waals surface area (Å²) < 4.78 is 29.3. The van der Waals surface area contributed by atoms with Crippen LogP contribution in [0.4, 0.5) is 13.9 Å². The molecule has 0 bridgehead atoms. The van der Waals surface area contributed by atoms with Gasteiger partial charge in [-0.15, -0.1) is 0 Å². The molecule has 1 aliphatic carbocycles. The number of nitrogens with zero attached hydrogens (tertiary/aromatic N) is 3. The molecule has 2 heterocycles. The number of rotatable bonds is 3. The van der Waals surface area contributed by atoms with Crippen LogP contribution in [0.5, 0.6) is 0 Å². The number of nitrogens with one attached hydrogen (secondary N) is 1. The first-order valence-corrected chi connectivity index (χ1v) is 8.25. The van der Waals surface area contributed by atoms with Gasteiger partial charge in [0.15, 0.2) is 0 Å². The van der Waals surface area contributed by atoms with Crippen LogP contribution in [0, 0.1) is 18.3 Å². The van der Waals surface area contributed by atoms with E-state index in [0.29, 0.717) is 0 Å². The Kier molecular flexibility index (Phi) is 3.82. The number of hydrogen-bond donors (Lipinski definition) is 1. The maximum absolute atomic E-state index is 12.5. The third-order valence-electron chi connectivity index (χ3n) is 4.93. The Balaban J connectivity index is 1.80. The second kappa shape index (κ2) is 5.40. The van der Waals surface area contributed by atoms with Crippen LogP contribution < -0.4 is 10.2 Å². The minimum atomic E-state index is -2.96. The minimum absolute atomic E-state index is 0.190. The Morgan fingerprint density at radius 1 is 1.50 bits per heavy atom. The van der Waals surface area contributed by atoms with Crippen molar-refractivity contribution in [1.82, 2.24) is 14.7 Å². The molecule has 8 heteroatoms. The van der Waals surface area contributed by atoms with Crippen LogP contribution in [0.1, 0.15) is 32.5 Å². The maximum Gasteiger partial charge on any atom is 0.315 e. The van der Waals surface area contributed by atoms with E-state index < -0.39 is 12.3 Å². The molecule has 2 aliphatic rings. The molecule has 1 aromatic rings. The molecule has 2 fully saturated rings. The third-order valence-corrected chi connectivity index (χ3v) is 5.77. The lowest BCUT2D eigenvalue weighted by Crippen LogP contribution is -2.75. The summed E-state index contributed by atoms with van der Waals surface area (Å²) >= 11 is 1.37. The Labute approximate surface area is 132 Å². The summed E-state index contributed by atoms with van der Waals surface area (Å²) in [6.45, 7) is 6.81. The van der Waals surface area contributed by atoms with Gasteiger partial charge in [0, 0.05) is 41.5 Å². The Hall–Kier alpha value is -1.31. The highest BCUT2D eigenvalue weighted by Gasteiger charge is 2.60. The summed E-state index contributed by atoms with van der Waals surface area (Å²) in [4.78, 5) is 18.1. The smallest absolute Gasteiger partial charge is 0.315 e. The van der Waals surface area contributed by atoms with Crippen LogP contribution in [0.3, 0.4) is 0 Å². The molecule has 1 aliphatic heterocycles. The van der Waals surface area contributed by atoms with Crippen molar-refractivity contribution in [1.29, 1.82) is 0 Å². The first-order chi connectivity index (χ1) is 10.3. The van der Waals surface area contributed by atoms with Gasteiger partial charge < -0.3 is 10.2 Å². The van der Waals surface area contributed by atoms with E-state index in [2.05, 4.69) is 19.6 Å². The van der Waals surface area contributed by atoms with Crippen molar-refractivity contribution in [3.05, 3.63) is 5.82 Å². The summed E-state index contributed by atoms with van der Waals surface area (Å²) in [5, 5.41) is 3.42. The monoisotopic (exact) mass is 330 g/mol. The van der Waals surface area contributed by atoms with Gasteiger partial charge in [-0.05, 0) is 19.8 Å². The minimum Gasteiger partial charge on any atom is -0.347 e.